The standard InChI is InChI=1S/C20H21N5O3/c1-13-5-6-14(9-21-13)8-18(26)24-11-15(12-24)23-20(27)16-10-22-25-7-3-4-17(28-2)19(16)25/h3-7,9-10,15H,8,11-12H2,1-2H3,(H,23,27). The molecule has 3 aromatic rings. The van der Waals surface area contributed by atoms with Crippen LogP contribution < -0.4 is 10.1 Å². The fourth-order valence-corrected chi connectivity index (χ4v) is 3.27. The first-order valence-electron chi connectivity index (χ1n) is 9.05. The first-order chi connectivity index (χ1) is 13.5. The second-order valence-corrected chi connectivity index (χ2v) is 6.88. The van der Waals surface area contributed by atoms with Crippen molar-refractivity contribution >= 4 is 17.3 Å². The maximum Gasteiger partial charge on any atom is 0.255 e. The molecule has 1 saturated heterocycles. The zero-order valence-electron chi connectivity index (χ0n) is 15.8. The van der Waals surface area contributed by atoms with Gasteiger partial charge in [0.2, 0.25) is 5.91 Å². The van der Waals surface area contributed by atoms with Crippen molar-refractivity contribution < 1.29 is 14.3 Å². The molecule has 8 heteroatoms. The molecule has 0 atom stereocenters. The summed E-state index contributed by atoms with van der Waals surface area (Å²) >= 11 is 0. The maximum atomic E-state index is 12.7. The van der Waals surface area contributed by atoms with E-state index in [0.29, 0.717) is 36.3 Å². The summed E-state index contributed by atoms with van der Waals surface area (Å²) in [5, 5.41) is 7.17. The number of rotatable bonds is 5. The lowest BCUT2D eigenvalue weighted by atomic mass is 10.1. The zero-order chi connectivity index (χ0) is 19.7. The predicted molar refractivity (Wildman–Crippen MR) is 102 cm³/mol. The van der Waals surface area contributed by atoms with Crippen LogP contribution in [0.5, 0.6) is 5.75 Å². The van der Waals surface area contributed by atoms with Gasteiger partial charge in [0.1, 0.15) is 11.3 Å². The number of amides is 2. The Kier molecular flexibility index (Phi) is 4.68. The quantitative estimate of drug-likeness (QED) is 0.720. The van der Waals surface area contributed by atoms with Gasteiger partial charge in [-0.1, -0.05) is 6.07 Å². The Labute approximate surface area is 162 Å². The lowest BCUT2D eigenvalue weighted by Crippen LogP contribution is -2.61. The fourth-order valence-electron chi connectivity index (χ4n) is 3.27. The number of ether oxygens (including phenoxy) is 1. The molecule has 4 heterocycles. The van der Waals surface area contributed by atoms with E-state index < -0.39 is 0 Å². The number of nitrogens with zero attached hydrogens (tertiary/aromatic N) is 4. The number of aromatic nitrogens is 3. The minimum atomic E-state index is -0.223. The van der Waals surface area contributed by atoms with Crippen LogP contribution in [0.2, 0.25) is 0 Å². The molecule has 0 unspecified atom stereocenters. The van der Waals surface area contributed by atoms with Crippen LogP contribution in [0.15, 0.2) is 42.9 Å². The molecular weight excluding hydrogens is 358 g/mol. The van der Waals surface area contributed by atoms with Crippen LogP contribution in [-0.4, -0.2) is 57.6 Å². The molecule has 0 saturated carbocycles. The van der Waals surface area contributed by atoms with Crippen LogP contribution in [0.1, 0.15) is 21.6 Å². The molecule has 28 heavy (non-hydrogen) atoms. The third kappa shape index (κ3) is 3.40. The van der Waals surface area contributed by atoms with E-state index in [1.165, 1.54) is 6.20 Å². The second-order valence-electron chi connectivity index (χ2n) is 6.88. The van der Waals surface area contributed by atoms with Gasteiger partial charge in [0, 0.05) is 31.2 Å². The van der Waals surface area contributed by atoms with Crippen molar-refractivity contribution in [3.05, 3.63) is 59.7 Å². The lowest BCUT2D eigenvalue weighted by molar-refractivity contribution is -0.135. The van der Waals surface area contributed by atoms with Gasteiger partial charge in [0.15, 0.2) is 0 Å². The highest BCUT2D eigenvalue weighted by molar-refractivity contribution is 6.02. The highest BCUT2D eigenvalue weighted by Gasteiger charge is 2.32. The smallest absolute Gasteiger partial charge is 0.255 e. The number of hydrogen-bond acceptors (Lipinski definition) is 5. The zero-order valence-corrected chi connectivity index (χ0v) is 15.8. The van der Waals surface area contributed by atoms with Crippen molar-refractivity contribution in [3.8, 4) is 5.75 Å². The molecule has 0 aromatic carbocycles. The minimum Gasteiger partial charge on any atom is -0.494 e. The van der Waals surface area contributed by atoms with Crippen molar-refractivity contribution in [2.24, 2.45) is 0 Å². The molecule has 4 rings (SSSR count). The number of likely N-dealkylation sites (tertiary alicyclic amines) is 1. The molecule has 0 spiro atoms. The highest BCUT2D eigenvalue weighted by Crippen LogP contribution is 2.23. The third-order valence-electron chi connectivity index (χ3n) is 4.87. The second kappa shape index (κ2) is 7.30. The summed E-state index contributed by atoms with van der Waals surface area (Å²) in [6, 6.07) is 7.33. The summed E-state index contributed by atoms with van der Waals surface area (Å²) < 4.78 is 6.95. The summed E-state index contributed by atoms with van der Waals surface area (Å²) in [5.74, 6) is 0.399. The molecule has 1 fully saturated rings. The number of fused-ring (bicyclic) bond motifs is 1. The molecule has 2 amide bonds. The minimum absolute atomic E-state index is 0.0359. The summed E-state index contributed by atoms with van der Waals surface area (Å²) in [6.07, 6.45) is 5.33. The number of hydrogen-bond donors (Lipinski definition) is 1. The van der Waals surface area contributed by atoms with Crippen LogP contribution >= 0.6 is 0 Å². The first-order valence-corrected chi connectivity index (χ1v) is 9.05. The van der Waals surface area contributed by atoms with E-state index in [1.54, 1.807) is 41.1 Å². The molecular formula is C20H21N5O3. The number of aryl methyl sites for hydroxylation is 1. The molecule has 1 aliphatic heterocycles. The predicted octanol–water partition coefficient (Wildman–Crippen LogP) is 1.23. The van der Waals surface area contributed by atoms with Crippen LogP contribution in [0.25, 0.3) is 5.52 Å². The molecule has 1 N–H and O–H groups in total. The fraction of sp³-hybridized carbons (Fsp3) is 0.300. The Morgan fingerprint density at radius 3 is 2.79 bits per heavy atom. The van der Waals surface area contributed by atoms with Gasteiger partial charge < -0.3 is 15.0 Å². The lowest BCUT2D eigenvalue weighted by Gasteiger charge is -2.39. The maximum absolute atomic E-state index is 12.7. The number of carbonyl (C=O) groups excluding carboxylic acids is 2. The number of methoxy groups -OCH3 is 1. The van der Waals surface area contributed by atoms with E-state index in [1.807, 2.05) is 19.1 Å². The van der Waals surface area contributed by atoms with Crippen molar-refractivity contribution in [1.29, 1.82) is 0 Å². The molecule has 144 valence electrons. The van der Waals surface area contributed by atoms with Crippen LogP contribution in [0.4, 0.5) is 0 Å². The van der Waals surface area contributed by atoms with Crippen molar-refractivity contribution in [2.45, 2.75) is 19.4 Å². The molecule has 0 bridgehead atoms. The van der Waals surface area contributed by atoms with Gasteiger partial charge in [-0.15, -0.1) is 0 Å². The van der Waals surface area contributed by atoms with Gasteiger partial charge in [0.25, 0.3) is 5.91 Å². The molecule has 8 nitrogen and oxygen atoms in total. The van der Waals surface area contributed by atoms with Gasteiger partial charge in [-0.2, -0.15) is 5.10 Å². The molecule has 1 aliphatic rings. The van der Waals surface area contributed by atoms with Gasteiger partial charge in [0.05, 0.1) is 31.3 Å². The third-order valence-corrected chi connectivity index (χ3v) is 4.87. The Morgan fingerprint density at radius 2 is 2.07 bits per heavy atom. The van der Waals surface area contributed by atoms with E-state index in [4.69, 9.17) is 4.74 Å². The molecule has 0 aliphatic carbocycles. The summed E-state index contributed by atoms with van der Waals surface area (Å²) in [4.78, 5) is 31.0. The highest BCUT2D eigenvalue weighted by atomic mass is 16.5. The van der Waals surface area contributed by atoms with Crippen LogP contribution in [-0.2, 0) is 11.2 Å². The van der Waals surface area contributed by atoms with E-state index in [2.05, 4.69) is 15.4 Å². The summed E-state index contributed by atoms with van der Waals surface area (Å²) in [5.41, 5.74) is 2.89. The van der Waals surface area contributed by atoms with E-state index >= 15 is 0 Å². The normalized spacial score (nSPS) is 14.0. The van der Waals surface area contributed by atoms with Crippen LogP contribution in [0, 0.1) is 6.92 Å². The Balaban J connectivity index is 1.35. The Bertz CT molecular complexity index is 1020. The Morgan fingerprint density at radius 1 is 1.25 bits per heavy atom. The summed E-state index contributed by atoms with van der Waals surface area (Å²) in [6.45, 7) is 2.91. The van der Waals surface area contributed by atoms with E-state index in [9.17, 15) is 9.59 Å². The van der Waals surface area contributed by atoms with Gasteiger partial charge in [-0.25, -0.2) is 4.52 Å². The van der Waals surface area contributed by atoms with Crippen molar-refractivity contribution in [3.63, 3.8) is 0 Å². The number of pyridine rings is 2. The number of nitrogens with one attached hydrogen (secondary N) is 1. The largest absolute Gasteiger partial charge is 0.494 e. The van der Waals surface area contributed by atoms with Crippen molar-refractivity contribution in [2.75, 3.05) is 20.2 Å². The van der Waals surface area contributed by atoms with E-state index in [-0.39, 0.29) is 17.9 Å². The van der Waals surface area contributed by atoms with Gasteiger partial charge in [-0.3, -0.25) is 14.6 Å². The van der Waals surface area contributed by atoms with Crippen molar-refractivity contribution in [1.82, 2.24) is 24.8 Å². The van der Waals surface area contributed by atoms with E-state index in [0.717, 1.165) is 11.3 Å². The van der Waals surface area contributed by atoms with Crippen LogP contribution in [0.3, 0.4) is 0 Å². The van der Waals surface area contributed by atoms with Gasteiger partial charge >= 0.3 is 0 Å². The summed E-state index contributed by atoms with van der Waals surface area (Å²) in [7, 11) is 1.56. The monoisotopic (exact) mass is 379 g/mol. The SMILES string of the molecule is COc1cccn2ncc(C(=O)NC3CN(C(=O)Cc4ccc(C)nc4)C3)c12. The topological polar surface area (TPSA) is 88.8 Å². The first kappa shape index (κ1) is 18.0. The molecule has 3 aromatic heterocycles. The average molecular weight is 379 g/mol. The Hall–Kier alpha value is -3.42. The van der Waals surface area contributed by atoms with Gasteiger partial charge in [-0.05, 0) is 30.7 Å². The number of carbonyl (C=O) groups is 2. The molecule has 0 radical (unpaired) electrons. The average Bonchev–Trinajstić information content (AvgIpc) is 3.10.